The van der Waals surface area contributed by atoms with Gasteiger partial charge in [-0.3, -0.25) is 4.79 Å². The van der Waals surface area contributed by atoms with Crippen LogP contribution in [0.25, 0.3) is 0 Å². The van der Waals surface area contributed by atoms with Gasteiger partial charge in [0, 0.05) is 0 Å². The van der Waals surface area contributed by atoms with Gasteiger partial charge in [0.05, 0.1) is 18.6 Å². The fourth-order valence-electron chi connectivity index (χ4n) is 2.36. The predicted octanol–water partition coefficient (Wildman–Crippen LogP) is 4.08. The molecule has 0 heterocycles. The molecule has 0 radical (unpaired) electrons. The molecule has 0 rings (SSSR count). The fourth-order valence-corrected chi connectivity index (χ4v) is 2.36. The molecule has 0 aliphatic heterocycles. The van der Waals surface area contributed by atoms with E-state index in [9.17, 15) is 9.90 Å². The number of ether oxygens (including phenoxy) is 1. The zero-order valence-electron chi connectivity index (χ0n) is 13.0. The van der Waals surface area contributed by atoms with Crippen molar-refractivity contribution in [3.63, 3.8) is 0 Å². The molecule has 1 N–H and O–H groups in total. The Morgan fingerprint density at radius 2 is 1.58 bits per heavy atom. The second-order valence-corrected chi connectivity index (χ2v) is 5.24. The summed E-state index contributed by atoms with van der Waals surface area (Å²) in [5, 5.41) is 10.0. The topological polar surface area (TPSA) is 46.5 Å². The molecule has 2 atom stereocenters. The quantitative estimate of drug-likeness (QED) is 0.430. The van der Waals surface area contributed by atoms with Gasteiger partial charge in [-0.15, -0.1) is 0 Å². The lowest BCUT2D eigenvalue weighted by Crippen LogP contribution is -2.29. The maximum Gasteiger partial charge on any atom is 0.311 e. The molecule has 0 aromatic heterocycles. The number of aliphatic hydroxyl groups excluding tert-OH is 1. The zero-order chi connectivity index (χ0) is 14.5. The summed E-state index contributed by atoms with van der Waals surface area (Å²) in [7, 11) is 0. The van der Waals surface area contributed by atoms with Crippen molar-refractivity contribution in [3.8, 4) is 0 Å². The normalized spacial score (nSPS) is 14.1. The Kier molecular flexibility index (Phi) is 12.1. The molecule has 19 heavy (non-hydrogen) atoms. The zero-order valence-corrected chi connectivity index (χ0v) is 13.0. The van der Waals surface area contributed by atoms with E-state index in [2.05, 4.69) is 6.92 Å². The van der Waals surface area contributed by atoms with E-state index in [1.165, 1.54) is 32.1 Å². The average Bonchev–Trinajstić information content (AvgIpc) is 2.39. The van der Waals surface area contributed by atoms with Gasteiger partial charge in [0.1, 0.15) is 0 Å². The Morgan fingerprint density at radius 1 is 1.00 bits per heavy atom. The summed E-state index contributed by atoms with van der Waals surface area (Å²) in [6.45, 7) is 6.33. The van der Waals surface area contributed by atoms with Crippen LogP contribution in [0.1, 0.15) is 78.6 Å². The first-order chi connectivity index (χ1) is 9.17. The minimum atomic E-state index is -0.542. The fraction of sp³-hybridized carbons (Fsp3) is 0.938. The van der Waals surface area contributed by atoms with Gasteiger partial charge in [-0.2, -0.15) is 0 Å². The monoisotopic (exact) mass is 272 g/mol. The van der Waals surface area contributed by atoms with E-state index < -0.39 is 6.10 Å². The van der Waals surface area contributed by atoms with Crippen LogP contribution in [-0.4, -0.2) is 23.8 Å². The Hall–Kier alpha value is -0.570. The van der Waals surface area contributed by atoms with Crippen molar-refractivity contribution in [3.05, 3.63) is 0 Å². The first-order valence-electron chi connectivity index (χ1n) is 8.01. The summed E-state index contributed by atoms with van der Waals surface area (Å²) < 4.78 is 4.99. The molecule has 0 bridgehead atoms. The molecule has 3 nitrogen and oxygen atoms in total. The highest BCUT2D eigenvalue weighted by Crippen LogP contribution is 2.18. The van der Waals surface area contributed by atoms with Gasteiger partial charge in [0.15, 0.2) is 0 Å². The summed E-state index contributed by atoms with van der Waals surface area (Å²) in [6, 6.07) is 0. The van der Waals surface area contributed by atoms with Crippen molar-refractivity contribution in [1.29, 1.82) is 0 Å². The van der Waals surface area contributed by atoms with Gasteiger partial charge in [-0.25, -0.2) is 0 Å². The molecule has 2 unspecified atom stereocenters. The van der Waals surface area contributed by atoms with Crippen molar-refractivity contribution < 1.29 is 14.6 Å². The number of esters is 1. The Labute approximate surface area is 118 Å². The van der Waals surface area contributed by atoms with E-state index in [0.717, 1.165) is 12.8 Å². The molecular weight excluding hydrogens is 240 g/mol. The van der Waals surface area contributed by atoms with Crippen molar-refractivity contribution in [2.45, 2.75) is 84.7 Å². The van der Waals surface area contributed by atoms with Gasteiger partial charge in [0.2, 0.25) is 0 Å². The Balaban J connectivity index is 3.70. The summed E-state index contributed by atoms with van der Waals surface area (Å²) in [6.07, 6.45) is 9.42. The number of carbonyl (C=O) groups is 1. The third kappa shape index (κ3) is 9.04. The minimum absolute atomic E-state index is 0.250. The van der Waals surface area contributed by atoms with Crippen LogP contribution in [-0.2, 0) is 9.53 Å². The predicted molar refractivity (Wildman–Crippen MR) is 79.0 cm³/mol. The molecule has 0 aromatic carbocycles. The lowest BCUT2D eigenvalue weighted by atomic mass is 9.94. The van der Waals surface area contributed by atoms with E-state index in [-0.39, 0.29) is 11.9 Å². The smallest absolute Gasteiger partial charge is 0.311 e. The standard InChI is InChI=1S/C16H32O3/c1-4-7-8-9-10-11-12-13-15(17)14(5-2)16(18)19-6-3/h14-15,17H,4-13H2,1-3H3. The number of rotatable bonds is 12. The minimum Gasteiger partial charge on any atom is -0.466 e. The lowest BCUT2D eigenvalue weighted by molar-refractivity contribution is -0.152. The molecular formula is C16H32O3. The van der Waals surface area contributed by atoms with Crippen LogP contribution in [0.5, 0.6) is 0 Å². The third-order valence-electron chi connectivity index (χ3n) is 3.60. The summed E-state index contributed by atoms with van der Waals surface area (Å²) in [4.78, 5) is 11.6. The first-order valence-corrected chi connectivity index (χ1v) is 8.01. The van der Waals surface area contributed by atoms with Crippen LogP contribution in [0, 0.1) is 5.92 Å². The van der Waals surface area contributed by atoms with Crippen LogP contribution in [0.15, 0.2) is 0 Å². The highest BCUT2D eigenvalue weighted by atomic mass is 16.5. The summed E-state index contributed by atoms with van der Waals surface area (Å²) in [5.74, 6) is -0.597. The Morgan fingerprint density at radius 3 is 2.11 bits per heavy atom. The average molecular weight is 272 g/mol. The molecule has 0 saturated carbocycles. The molecule has 0 amide bonds. The molecule has 0 spiro atoms. The number of carbonyl (C=O) groups excluding carboxylic acids is 1. The largest absolute Gasteiger partial charge is 0.466 e. The van der Waals surface area contributed by atoms with Crippen molar-refractivity contribution in [1.82, 2.24) is 0 Å². The SMILES string of the molecule is CCCCCCCCCC(O)C(CC)C(=O)OCC. The highest BCUT2D eigenvalue weighted by molar-refractivity contribution is 5.73. The highest BCUT2D eigenvalue weighted by Gasteiger charge is 2.25. The molecule has 114 valence electrons. The molecule has 0 aliphatic rings. The van der Waals surface area contributed by atoms with Gasteiger partial charge in [-0.05, 0) is 19.8 Å². The van der Waals surface area contributed by atoms with E-state index >= 15 is 0 Å². The van der Waals surface area contributed by atoms with E-state index in [0.29, 0.717) is 19.4 Å². The number of hydrogen-bond donors (Lipinski definition) is 1. The maximum atomic E-state index is 11.6. The van der Waals surface area contributed by atoms with Gasteiger partial charge in [-0.1, -0.05) is 58.8 Å². The molecule has 3 heteroatoms. The second-order valence-electron chi connectivity index (χ2n) is 5.24. The van der Waals surface area contributed by atoms with Gasteiger partial charge in [0.25, 0.3) is 0 Å². The van der Waals surface area contributed by atoms with Crippen molar-refractivity contribution in [2.75, 3.05) is 6.61 Å². The van der Waals surface area contributed by atoms with Crippen molar-refractivity contribution >= 4 is 5.97 Å². The van der Waals surface area contributed by atoms with Crippen LogP contribution < -0.4 is 0 Å². The van der Waals surface area contributed by atoms with Gasteiger partial charge < -0.3 is 9.84 Å². The summed E-state index contributed by atoms with van der Waals surface area (Å²) >= 11 is 0. The molecule has 0 aliphatic carbocycles. The lowest BCUT2D eigenvalue weighted by Gasteiger charge is -2.19. The van der Waals surface area contributed by atoms with E-state index in [1.54, 1.807) is 6.92 Å². The molecule has 0 fully saturated rings. The molecule has 0 saturated heterocycles. The van der Waals surface area contributed by atoms with Crippen LogP contribution >= 0.6 is 0 Å². The summed E-state index contributed by atoms with van der Waals surface area (Å²) in [5.41, 5.74) is 0. The van der Waals surface area contributed by atoms with E-state index in [1.807, 2.05) is 6.92 Å². The Bertz CT molecular complexity index is 216. The first kappa shape index (κ1) is 18.4. The third-order valence-corrected chi connectivity index (χ3v) is 3.60. The van der Waals surface area contributed by atoms with Crippen LogP contribution in [0.2, 0.25) is 0 Å². The molecule has 0 aromatic rings. The maximum absolute atomic E-state index is 11.6. The number of aliphatic hydroxyl groups is 1. The van der Waals surface area contributed by atoms with Crippen LogP contribution in [0.3, 0.4) is 0 Å². The van der Waals surface area contributed by atoms with E-state index in [4.69, 9.17) is 4.74 Å². The van der Waals surface area contributed by atoms with Crippen molar-refractivity contribution in [2.24, 2.45) is 5.92 Å². The van der Waals surface area contributed by atoms with Crippen LogP contribution in [0.4, 0.5) is 0 Å². The number of unbranched alkanes of at least 4 members (excludes halogenated alkanes) is 6. The second kappa shape index (κ2) is 12.5. The van der Waals surface area contributed by atoms with Gasteiger partial charge >= 0.3 is 5.97 Å². The number of hydrogen-bond acceptors (Lipinski definition) is 3.